The quantitative estimate of drug-likeness (QED) is 0.905. The smallest absolute Gasteiger partial charge is 0.257 e. The number of halogens is 1. The Hall–Kier alpha value is -1.69. The Balaban J connectivity index is 2.15. The van der Waals surface area contributed by atoms with Gasteiger partial charge in [-0.3, -0.25) is 4.79 Å². The van der Waals surface area contributed by atoms with Crippen LogP contribution in [0.3, 0.4) is 0 Å². The number of carbonyl (C=O) groups is 1. The third-order valence-electron chi connectivity index (χ3n) is 3.54. The second kappa shape index (κ2) is 7.36. The molecule has 1 amide bonds. The van der Waals surface area contributed by atoms with Crippen molar-refractivity contribution in [3.8, 4) is 0 Å². The first kappa shape index (κ1) is 15.7. The molecule has 5 nitrogen and oxygen atoms in total. The van der Waals surface area contributed by atoms with Gasteiger partial charge in [0, 0.05) is 25.8 Å². The molecular weight excluding hydrogens is 273 g/mol. The van der Waals surface area contributed by atoms with Crippen LogP contribution < -0.4 is 5.32 Å². The molecule has 1 N–H and O–H groups in total. The molecule has 0 aromatic carbocycles. The van der Waals surface area contributed by atoms with Crippen LogP contribution in [0.1, 0.15) is 37.0 Å². The number of hydrogen-bond donors (Lipinski definition) is 1. The highest BCUT2D eigenvalue weighted by atomic mass is 19.1. The van der Waals surface area contributed by atoms with Gasteiger partial charge < -0.3 is 15.0 Å². The summed E-state index contributed by atoms with van der Waals surface area (Å²) in [5.74, 6) is -0.727. The SMILES string of the molecule is CCCNc1nccc(C(=O)N2CCOC(CC)C2)c1F. The average Bonchev–Trinajstić information content (AvgIpc) is 2.53. The molecule has 1 unspecified atom stereocenters. The van der Waals surface area contributed by atoms with Gasteiger partial charge in [-0.05, 0) is 18.9 Å². The summed E-state index contributed by atoms with van der Waals surface area (Å²) in [5.41, 5.74) is 0.0698. The number of nitrogens with one attached hydrogen (secondary N) is 1. The van der Waals surface area contributed by atoms with E-state index in [1.165, 1.54) is 12.3 Å². The lowest BCUT2D eigenvalue weighted by molar-refractivity contribution is -0.0227. The lowest BCUT2D eigenvalue weighted by Gasteiger charge is -2.32. The summed E-state index contributed by atoms with van der Waals surface area (Å²) in [6.45, 7) is 6.12. The van der Waals surface area contributed by atoms with Crippen LogP contribution in [0.4, 0.5) is 10.2 Å². The number of pyridine rings is 1. The van der Waals surface area contributed by atoms with Crippen LogP contribution in [0.2, 0.25) is 0 Å². The second-order valence-corrected chi connectivity index (χ2v) is 5.10. The van der Waals surface area contributed by atoms with Crippen molar-refractivity contribution in [2.24, 2.45) is 0 Å². The molecule has 1 atom stereocenters. The fourth-order valence-corrected chi connectivity index (χ4v) is 2.30. The third kappa shape index (κ3) is 3.69. The van der Waals surface area contributed by atoms with Crippen LogP contribution in [-0.4, -0.2) is 48.1 Å². The molecule has 1 aliphatic rings. The van der Waals surface area contributed by atoms with E-state index in [-0.39, 0.29) is 23.4 Å². The van der Waals surface area contributed by atoms with Crippen molar-refractivity contribution >= 4 is 11.7 Å². The molecule has 2 heterocycles. The fraction of sp³-hybridized carbons (Fsp3) is 0.600. The van der Waals surface area contributed by atoms with E-state index in [9.17, 15) is 9.18 Å². The van der Waals surface area contributed by atoms with Gasteiger partial charge in [0.05, 0.1) is 18.3 Å². The standard InChI is InChI=1S/C15H22FN3O2/c1-3-6-17-14-13(16)12(5-7-18-14)15(20)19-8-9-21-11(4-2)10-19/h5,7,11H,3-4,6,8-10H2,1-2H3,(H,17,18). The van der Waals surface area contributed by atoms with Gasteiger partial charge >= 0.3 is 0 Å². The first-order valence-corrected chi connectivity index (χ1v) is 7.46. The molecule has 2 rings (SSSR count). The van der Waals surface area contributed by atoms with Crippen LogP contribution in [0.15, 0.2) is 12.3 Å². The number of nitrogens with zero attached hydrogens (tertiary/aromatic N) is 2. The molecule has 1 aliphatic heterocycles. The Bertz CT molecular complexity index is 496. The number of rotatable bonds is 5. The topological polar surface area (TPSA) is 54.5 Å². The molecule has 0 bridgehead atoms. The number of anilines is 1. The van der Waals surface area contributed by atoms with Crippen LogP contribution >= 0.6 is 0 Å². The monoisotopic (exact) mass is 295 g/mol. The summed E-state index contributed by atoms with van der Waals surface area (Å²) in [5, 5.41) is 2.90. The van der Waals surface area contributed by atoms with Gasteiger partial charge in [-0.15, -0.1) is 0 Å². The normalized spacial score (nSPS) is 18.6. The Morgan fingerprint density at radius 3 is 3.10 bits per heavy atom. The minimum Gasteiger partial charge on any atom is -0.375 e. The van der Waals surface area contributed by atoms with Crippen LogP contribution in [0.25, 0.3) is 0 Å². The minimum absolute atomic E-state index is 0.0327. The number of ether oxygens (including phenoxy) is 1. The Labute approximate surface area is 124 Å². The molecule has 0 radical (unpaired) electrons. The minimum atomic E-state index is -0.574. The second-order valence-electron chi connectivity index (χ2n) is 5.10. The summed E-state index contributed by atoms with van der Waals surface area (Å²) in [4.78, 5) is 18.1. The number of morpholine rings is 1. The average molecular weight is 295 g/mol. The third-order valence-corrected chi connectivity index (χ3v) is 3.54. The largest absolute Gasteiger partial charge is 0.375 e. The molecule has 0 spiro atoms. The van der Waals surface area contributed by atoms with Gasteiger partial charge in [-0.1, -0.05) is 13.8 Å². The van der Waals surface area contributed by atoms with Gasteiger partial charge in [0.25, 0.3) is 5.91 Å². The van der Waals surface area contributed by atoms with E-state index in [2.05, 4.69) is 10.3 Å². The maximum Gasteiger partial charge on any atom is 0.257 e. The molecule has 1 saturated heterocycles. The van der Waals surface area contributed by atoms with Gasteiger partial charge in [0.1, 0.15) is 0 Å². The summed E-state index contributed by atoms with van der Waals surface area (Å²) in [7, 11) is 0. The van der Waals surface area contributed by atoms with Crippen molar-refractivity contribution in [1.82, 2.24) is 9.88 Å². The number of aromatic nitrogens is 1. The molecular formula is C15H22FN3O2. The first-order chi connectivity index (χ1) is 10.2. The molecule has 116 valence electrons. The predicted molar refractivity (Wildman–Crippen MR) is 78.9 cm³/mol. The van der Waals surface area contributed by atoms with E-state index < -0.39 is 5.82 Å². The van der Waals surface area contributed by atoms with E-state index in [0.29, 0.717) is 26.2 Å². The molecule has 0 aliphatic carbocycles. The van der Waals surface area contributed by atoms with Crippen molar-refractivity contribution in [3.05, 3.63) is 23.6 Å². The number of carbonyl (C=O) groups excluding carboxylic acids is 1. The van der Waals surface area contributed by atoms with E-state index in [0.717, 1.165) is 12.8 Å². The summed E-state index contributed by atoms with van der Waals surface area (Å²) >= 11 is 0. The molecule has 0 saturated carbocycles. The van der Waals surface area contributed by atoms with Crippen LogP contribution in [0, 0.1) is 5.82 Å². The first-order valence-electron chi connectivity index (χ1n) is 7.46. The maximum absolute atomic E-state index is 14.4. The summed E-state index contributed by atoms with van der Waals surface area (Å²) < 4.78 is 19.9. The zero-order chi connectivity index (χ0) is 15.2. The Morgan fingerprint density at radius 2 is 2.38 bits per heavy atom. The highest BCUT2D eigenvalue weighted by Gasteiger charge is 2.26. The van der Waals surface area contributed by atoms with Crippen molar-refractivity contribution in [2.75, 3.05) is 31.6 Å². The van der Waals surface area contributed by atoms with Crippen LogP contribution in [-0.2, 0) is 4.74 Å². The van der Waals surface area contributed by atoms with E-state index in [1.54, 1.807) is 4.90 Å². The zero-order valence-electron chi connectivity index (χ0n) is 12.6. The van der Waals surface area contributed by atoms with Gasteiger partial charge in [0.15, 0.2) is 11.6 Å². The predicted octanol–water partition coefficient (Wildman–Crippen LogP) is 2.29. The van der Waals surface area contributed by atoms with Gasteiger partial charge in [-0.25, -0.2) is 9.37 Å². The van der Waals surface area contributed by atoms with Crippen molar-refractivity contribution in [1.29, 1.82) is 0 Å². The molecule has 21 heavy (non-hydrogen) atoms. The van der Waals surface area contributed by atoms with Gasteiger partial charge in [-0.2, -0.15) is 0 Å². The Kier molecular flexibility index (Phi) is 5.50. The number of hydrogen-bond acceptors (Lipinski definition) is 4. The van der Waals surface area contributed by atoms with E-state index in [1.807, 2.05) is 13.8 Å². The van der Waals surface area contributed by atoms with Crippen molar-refractivity contribution < 1.29 is 13.9 Å². The molecule has 1 aromatic rings. The maximum atomic E-state index is 14.4. The van der Waals surface area contributed by atoms with Crippen molar-refractivity contribution in [2.45, 2.75) is 32.8 Å². The lowest BCUT2D eigenvalue weighted by atomic mass is 10.1. The molecule has 6 heteroatoms. The summed E-state index contributed by atoms with van der Waals surface area (Å²) in [6, 6.07) is 1.44. The highest BCUT2D eigenvalue weighted by molar-refractivity contribution is 5.95. The highest BCUT2D eigenvalue weighted by Crippen LogP contribution is 2.19. The van der Waals surface area contributed by atoms with E-state index >= 15 is 0 Å². The Morgan fingerprint density at radius 1 is 1.57 bits per heavy atom. The fourth-order valence-electron chi connectivity index (χ4n) is 2.30. The summed E-state index contributed by atoms with van der Waals surface area (Å²) in [6.07, 6.45) is 3.20. The number of amides is 1. The van der Waals surface area contributed by atoms with Crippen LogP contribution in [0.5, 0.6) is 0 Å². The van der Waals surface area contributed by atoms with Crippen molar-refractivity contribution in [3.63, 3.8) is 0 Å². The molecule has 1 fully saturated rings. The van der Waals surface area contributed by atoms with Gasteiger partial charge in [0.2, 0.25) is 0 Å². The lowest BCUT2D eigenvalue weighted by Crippen LogP contribution is -2.45. The molecule has 1 aromatic heterocycles. The zero-order valence-corrected chi connectivity index (χ0v) is 12.6. The van der Waals surface area contributed by atoms with E-state index in [4.69, 9.17) is 4.74 Å².